The van der Waals surface area contributed by atoms with Crippen LogP contribution in [0.4, 0.5) is 0 Å². The third-order valence-corrected chi connectivity index (χ3v) is 5.86. The summed E-state index contributed by atoms with van der Waals surface area (Å²) in [6.45, 7) is 8.33. The van der Waals surface area contributed by atoms with E-state index in [9.17, 15) is 4.79 Å². The summed E-state index contributed by atoms with van der Waals surface area (Å²) in [6, 6.07) is 14.6. The molecule has 0 spiro atoms. The summed E-state index contributed by atoms with van der Waals surface area (Å²) in [7, 11) is 0. The average molecular weight is 360 g/mol. The van der Waals surface area contributed by atoms with E-state index >= 15 is 0 Å². The molecular weight excluding hydrogens is 340 g/mol. The molecule has 0 bridgehead atoms. The first-order chi connectivity index (χ1) is 12.5. The van der Waals surface area contributed by atoms with Crippen LogP contribution in [0.15, 0.2) is 42.5 Å². The van der Waals surface area contributed by atoms with E-state index in [1.54, 1.807) is 11.3 Å². The summed E-state index contributed by atoms with van der Waals surface area (Å²) in [5.41, 5.74) is 8.16. The van der Waals surface area contributed by atoms with Crippen molar-refractivity contribution >= 4 is 22.6 Å². The Morgan fingerprint density at radius 2 is 1.62 bits per heavy atom. The van der Waals surface area contributed by atoms with Crippen molar-refractivity contribution in [3.63, 3.8) is 0 Å². The summed E-state index contributed by atoms with van der Waals surface area (Å²) in [6.07, 6.45) is 0.925. The maximum atomic E-state index is 12.0. The third kappa shape index (κ3) is 2.58. The number of nitrogens with zero attached hydrogens (tertiary/aromatic N) is 2. The van der Waals surface area contributed by atoms with Crippen LogP contribution in [0.5, 0.6) is 0 Å². The Balaban J connectivity index is 1.99. The van der Waals surface area contributed by atoms with Crippen LogP contribution in [-0.4, -0.2) is 15.7 Å². The quantitative estimate of drug-likeness (QED) is 0.434. The van der Waals surface area contributed by atoms with Gasteiger partial charge >= 0.3 is 0 Å². The van der Waals surface area contributed by atoms with Gasteiger partial charge in [-0.15, -0.1) is 11.3 Å². The molecule has 0 amide bonds. The molecule has 2 aromatic carbocycles. The lowest BCUT2D eigenvalue weighted by Gasteiger charge is -2.06. The molecule has 130 valence electrons. The zero-order valence-electron chi connectivity index (χ0n) is 15.3. The van der Waals surface area contributed by atoms with Crippen molar-refractivity contribution in [2.75, 3.05) is 0 Å². The highest BCUT2D eigenvalue weighted by Crippen LogP contribution is 2.36. The van der Waals surface area contributed by atoms with Gasteiger partial charge in [0.25, 0.3) is 0 Å². The van der Waals surface area contributed by atoms with Gasteiger partial charge in [-0.05, 0) is 50.5 Å². The fourth-order valence-corrected chi connectivity index (χ4v) is 4.29. The number of hydrogen-bond acceptors (Lipinski definition) is 3. The Kier molecular flexibility index (Phi) is 4.00. The van der Waals surface area contributed by atoms with E-state index in [2.05, 4.69) is 64.1 Å². The van der Waals surface area contributed by atoms with Gasteiger partial charge in [-0.1, -0.05) is 42.0 Å². The normalized spacial score (nSPS) is 11.2. The molecule has 0 unspecified atom stereocenters. The van der Waals surface area contributed by atoms with Crippen molar-refractivity contribution in [1.29, 1.82) is 0 Å². The van der Waals surface area contributed by atoms with Gasteiger partial charge in [-0.25, -0.2) is 4.98 Å². The number of aromatic nitrogens is 2. The molecule has 0 saturated heterocycles. The second-order valence-electron chi connectivity index (χ2n) is 6.75. The highest BCUT2D eigenvalue weighted by Gasteiger charge is 2.21. The predicted molar refractivity (Wildman–Crippen MR) is 108 cm³/mol. The van der Waals surface area contributed by atoms with E-state index in [4.69, 9.17) is 4.98 Å². The molecule has 4 rings (SSSR count). The van der Waals surface area contributed by atoms with Crippen LogP contribution in [0.1, 0.15) is 32.1 Å². The summed E-state index contributed by atoms with van der Waals surface area (Å²) in [5, 5.41) is 0. The van der Waals surface area contributed by atoms with Crippen molar-refractivity contribution in [3.8, 4) is 22.5 Å². The monoisotopic (exact) mass is 360 g/mol. The molecule has 2 aromatic heterocycles. The Morgan fingerprint density at radius 1 is 0.923 bits per heavy atom. The fourth-order valence-electron chi connectivity index (χ4n) is 3.29. The topological polar surface area (TPSA) is 34.4 Å². The molecule has 0 N–H and O–H groups in total. The second-order valence-corrected chi connectivity index (χ2v) is 7.94. The van der Waals surface area contributed by atoms with Gasteiger partial charge in [0.1, 0.15) is 11.4 Å². The van der Waals surface area contributed by atoms with Crippen LogP contribution < -0.4 is 0 Å². The van der Waals surface area contributed by atoms with Crippen LogP contribution in [0, 0.1) is 27.7 Å². The molecule has 0 aliphatic rings. The Morgan fingerprint density at radius 3 is 2.27 bits per heavy atom. The number of thiazole rings is 1. The first-order valence-corrected chi connectivity index (χ1v) is 9.43. The van der Waals surface area contributed by atoms with Gasteiger partial charge in [-0.3, -0.25) is 9.20 Å². The van der Waals surface area contributed by atoms with Crippen molar-refractivity contribution in [3.05, 3.63) is 69.7 Å². The highest BCUT2D eigenvalue weighted by atomic mass is 32.1. The smallest absolute Gasteiger partial charge is 0.195 e. The summed E-state index contributed by atoms with van der Waals surface area (Å²) >= 11 is 1.62. The lowest BCUT2D eigenvalue weighted by molar-refractivity contribution is 0.111. The predicted octanol–water partition coefficient (Wildman–Crippen LogP) is 5.78. The summed E-state index contributed by atoms with van der Waals surface area (Å²) in [4.78, 5) is 18.8. The van der Waals surface area contributed by atoms with E-state index < -0.39 is 0 Å². The van der Waals surface area contributed by atoms with Crippen LogP contribution >= 0.6 is 11.3 Å². The molecule has 3 nitrogen and oxygen atoms in total. The zero-order chi connectivity index (χ0) is 18.4. The molecule has 0 aliphatic carbocycles. The Bertz CT molecular complexity index is 1130. The minimum Gasteiger partial charge on any atom is -0.296 e. The van der Waals surface area contributed by atoms with Crippen LogP contribution in [-0.2, 0) is 0 Å². The number of rotatable bonds is 3. The van der Waals surface area contributed by atoms with Gasteiger partial charge < -0.3 is 0 Å². The van der Waals surface area contributed by atoms with E-state index in [1.807, 2.05) is 10.5 Å². The van der Waals surface area contributed by atoms with Gasteiger partial charge in [0.05, 0.1) is 5.69 Å². The molecule has 2 heterocycles. The van der Waals surface area contributed by atoms with Gasteiger partial charge in [0, 0.05) is 10.4 Å². The Labute approximate surface area is 157 Å². The number of imidazole rings is 1. The number of hydrogen-bond donors (Lipinski definition) is 0. The average Bonchev–Trinajstić information content (AvgIpc) is 3.12. The van der Waals surface area contributed by atoms with Crippen LogP contribution in [0.2, 0.25) is 0 Å². The number of fused-ring (bicyclic) bond motifs is 1. The first-order valence-electron chi connectivity index (χ1n) is 8.61. The largest absolute Gasteiger partial charge is 0.296 e. The minimum atomic E-state index is 0.614. The number of carbonyl (C=O) groups is 1. The molecular formula is C22H20N2OS. The van der Waals surface area contributed by atoms with E-state index in [1.165, 1.54) is 16.7 Å². The molecule has 0 saturated carbocycles. The van der Waals surface area contributed by atoms with Crippen molar-refractivity contribution in [2.24, 2.45) is 0 Å². The number of aldehydes is 1. The number of aryl methyl sites for hydroxylation is 4. The van der Waals surface area contributed by atoms with E-state index in [0.717, 1.165) is 38.6 Å². The maximum Gasteiger partial charge on any atom is 0.195 e. The number of carbonyl (C=O) groups excluding carboxylic acids is 1. The van der Waals surface area contributed by atoms with Crippen molar-refractivity contribution in [1.82, 2.24) is 9.38 Å². The SMILES string of the molecule is Cc1ccc(-c2c(C)sc3nc(-c4ccc(C)c(C)c4)c(C=O)n23)cc1. The number of benzene rings is 2. The molecule has 26 heavy (non-hydrogen) atoms. The molecule has 4 heteroatoms. The summed E-state index contributed by atoms with van der Waals surface area (Å²) in [5.74, 6) is 0. The van der Waals surface area contributed by atoms with E-state index in [0.29, 0.717) is 5.69 Å². The van der Waals surface area contributed by atoms with Gasteiger partial charge in [-0.2, -0.15) is 0 Å². The molecule has 0 atom stereocenters. The molecule has 0 radical (unpaired) electrons. The zero-order valence-corrected chi connectivity index (χ0v) is 16.1. The van der Waals surface area contributed by atoms with Crippen LogP contribution in [0.25, 0.3) is 27.5 Å². The lowest BCUT2D eigenvalue weighted by Crippen LogP contribution is -1.96. The maximum absolute atomic E-state index is 12.0. The first kappa shape index (κ1) is 16.7. The Hall–Kier alpha value is -2.72. The van der Waals surface area contributed by atoms with Crippen LogP contribution in [0.3, 0.4) is 0 Å². The third-order valence-electron chi connectivity index (χ3n) is 4.90. The standard InChI is InChI=1S/C22H20N2OS/c1-13-5-8-17(9-6-13)21-16(4)26-22-23-20(19(12-25)24(21)22)18-10-7-14(2)15(3)11-18/h5-12H,1-4H3. The molecule has 0 aliphatic heterocycles. The lowest BCUT2D eigenvalue weighted by atomic mass is 10.0. The van der Waals surface area contributed by atoms with Gasteiger partial charge in [0.15, 0.2) is 11.2 Å². The molecule has 4 aromatic rings. The molecule has 0 fully saturated rings. The minimum absolute atomic E-state index is 0.614. The van der Waals surface area contributed by atoms with Crippen molar-refractivity contribution in [2.45, 2.75) is 27.7 Å². The van der Waals surface area contributed by atoms with Gasteiger partial charge in [0.2, 0.25) is 0 Å². The fraction of sp³-hybridized carbons (Fsp3) is 0.182. The second kappa shape index (κ2) is 6.22. The summed E-state index contributed by atoms with van der Waals surface area (Å²) < 4.78 is 2.00. The van der Waals surface area contributed by atoms with Crippen molar-refractivity contribution < 1.29 is 4.79 Å². The highest BCUT2D eigenvalue weighted by molar-refractivity contribution is 7.17. The van der Waals surface area contributed by atoms with E-state index in [-0.39, 0.29) is 0 Å².